The number of nitrogens with one attached hydrogen (secondary N) is 1. The number of carbonyl (C=O) groups is 2. The van der Waals surface area contributed by atoms with Gasteiger partial charge in [0, 0.05) is 31.7 Å². The summed E-state index contributed by atoms with van der Waals surface area (Å²) in [6, 6.07) is 7.34. The van der Waals surface area contributed by atoms with Crippen LogP contribution in [-0.2, 0) is 4.79 Å². The van der Waals surface area contributed by atoms with Gasteiger partial charge >= 0.3 is 6.03 Å². The zero-order valence-electron chi connectivity index (χ0n) is 14.2. The maximum Gasteiger partial charge on any atom is 0.317 e. The van der Waals surface area contributed by atoms with Crippen LogP contribution in [0.1, 0.15) is 32.6 Å². The number of benzene rings is 1. The predicted octanol–water partition coefficient (Wildman–Crippen LogP) is 2.39. The molecule has 0 bridgehead atoms. The van der Waals surface area contributed by atoms with Gasteiger partial charge in [0.05, 0.1) is 12.6 Å². The Bertz CT molecular complexity index is 582. The quantitative estimate of drug-likeness (QED) is 0.921. The number of hydrogen-bond donors (Lipinski definition) is 1. The number of likely N-dealkylation sites (tertiary alicyclic amines) is 1. The molecule has 0 aliphatic carbocycles. The lowest BCUT2D eigenvalue weighted by molar-refractivity contribution is -0.117. The normalized spacial score (nSPS) is 21.0. The molecule has 2 saturated heterocycles. The van der Waals surface area contributed by atoms with Crippen molar-refractivity contribution in [3.8, 4) is 5.75 Å². The molecule has 0 radical (unpaired) electrons. The van der Waals surface area contributed by atoms with E-state index in [0.29, 0.717) is 19.6 Å². The van der Waals surface area contributed by atoms with E-state index < -0.39 is 0 Å². The van der Waals surface area contributed by atoms with E-state index in [9.17, 15) is 9.59 Å². The minimum atomic E-state index is -0.126. The highest BCUT2D eigenvalue weighted by Gasteiger charge is 2.32. The van der Waals surface area contributed by atoms with Crippen molar-refractivity contribution in [1.29, 1.82) is 0 Å². The highest BCUT2D eigenvalue weighted by Crippen LogP contribution is 2.24. The molecule has 6 heteroatoms. The number of amides is 3. The Hall–Kier alpha value is -2.24. The van der Waals surface area contributed by atoms with Crippen LogP contribution in [0.2, 0.25) is 0 Å². The molecule has 24 heavy (non-hydrogen) atoms. The van der Waals surface area contributed by atoms with Gasteiger partial charge < -0.3 is 19.9 Å². The highest BCUT2D eigenvalue weighted by atomic mass is 16.5. The van der Waals surface area contributed by atoms with E-state index in [1.807, 2.05) is 36.1 Å². The number of anilines is 1. The first-order valence-electron chi connectivity index (χ1n) is 8.76. The van der Waals surface area contributed by atoms with Crippen LogP contribution in [0, 0.1) is 0 Å². The minimum absolute atomic E-state index is 0.0407. The number of ether oxygens (including phenoxy) is 1. The van der Waals surface area contributed by atoms with Crippen LogP contribution in [-0.4, -0.2) is 49.1 Å². The van der Waals surface area contributed by atoms with Gasteiger partial charge in [-0.3, -0.25) is 4.79 Å². The number of rotatable bonds is 4. The predicted molar refractivity (Wildman–Crippen MR) is 92.3 cm³/mol. The third-order valence-electron chi connectivity index (χ3n) is 4.56. The number of piperidine rings is 1. The third kappa shape index (κ3) is 3.80. The molecule has 0 spiro atoms. The summed E-state index contributed by atoms with van der Waals surface area (Å²) in [5, 5.41) is 3.01. The molecular weight excluding hydrogens is 306 g/mol. The van der Waals surface area contributed by atoms with Crippen LogP contribution in [0.15, 0.2) is 24.3 Å². The summed E-state index contributed by atoms with van der Waals surface area (Å²) in [6.07, 6.45) is 3.68. The van der Waals surface area contributed by atoms with Gasteiger partial charge in [0.2, 0.25) is 5.91 Å². The Kier molecular flexibility index (Phi) is 5.23. The molecule has 130 valence electrons. The lowest BCUT2D eigenvalue weighted by Crippen LogP contribution is -2.47. The molecule has 2 fully saturated rings. The van der Waals surface area contributed by atoms with Crippen molar-refractivity contribution in [2.24, 2.45) is 0 Å². The first-order chi connectivity index (χ1) is 11.7. The lowest BCUT2D eigenvalue weighted by atomic mass is 10.1. The molecule has 2 aliphatic rings. The third-order valence-corrected chi connectivity index (χ3v) is 4.56. The Morgan fingerprint density at radius 1 is 1.21 bits per heavy atom. The monoisotopic (exact) mass is 331 g/mol. The van der Waals surface area contributed by atoms with Crippen molar-refractivity contribution < 1.29 is 14.3 Å². The minimum Gasteiger partial charge on any atom is -0.494 e. The van der Waals surface area contributed by atoms with Crippen molar-refractivity contribution in [2.75, 3.05) is 31.1 Å². The van der Waals surface area contributed by atoms with Gasteiger partial charge in [-0.25, -0.2) is 4.79 Å². The maximum absolute atomic E-state index is 12.3. The maximum atomic E-state index is 12.3. The standard InChI is InChI=1S/C18H25N3O3/c1-2-24-16-8-6-15(7-9-16)21-13-14(12-17(21)22)19-18(23)20-10-4-3-5-11-20/h6-9,14H,2-5,10-13H2,1H3,(H,19,23). The molecular formula is C18H25N3O3. The second-order valence-corrected chi connectivity index (χ2v) is 6.33. The number of nitrogens with zero attached hydrogens (tertiary/aromatic N) is 2. The van der Waals surface area contributed by atoms with Crippen LogP contribution in [0.4, 0.5) is 10.5 Å². The molecule has 3 amide bonds. The number of carbonyl (C=O) groups excluding carboxylic acids is 2. The molecule has 0 aromatic heterocycles. The van der Waals surface area contributed by atoms with E-state index in [1.165, 1.54) is 6.42 Å². The van der Waals surface area contributed by atoms with E-state index in [1.54, 1.807) is 4.90 Å². The lowest BCUT2D eigenvalue weighted by Gasteiger charge is -2.28. The summed E-state index contributed by atoms with van der Waals surface area (Å²) in [4.78, 5) is 28.2. The van der Waals surface area contributed by atoms with Gasteiger partial charge in [0.1, 0.15) is 5.75 Å². The smallest absolute Gasteiger partial charge is 0.317 e. The van der Waals surface area contributed by atoms with Gasteiger partial charge in [0.25, 0.3) is 0 Å². The van der Waals surface area contributed by atoms with Crippen LogP contribution >= 0.6 is 0 Å². The zero-order chi connectivity index (χ0) is 16.9. The number of hydrogen-bond acceptors (Lipinski definition) is 3. The number of urea groups is 1. The summed E-state index contributed by atoms with van der Waals surface area (Å²) < 4.78 is 5.43. The van der Waals surface area contributed by atoms with E-state index in [2.05, 4.69) is 5.32 Å². The fourth-order valence-electron chi connectivity index (χ4n) is 3.31. The second-order valence-electron chi connectivity index (χ2n) is 6.33. The first kappa shape index (κ1) is 16.6. The van der Waals surface area contributed by atoms with Gasteiger partial charge in [0.15, 0.2) is 0 Å². The summed E-state index contributed by atoms with van der Waals surface area (Å²) in [6.45, 7) is 4.71. The molecule has 1 unspecified atom stereocenters. The highest BCUT2D eigenvalue weighted by molar-refractivity contribution is 5.96. The van der Waals surface area contributed by atoms with E-state index in [0.717, 1.165) is 37.4 Å². The summed E-state index contributed by atoms with van der Waals surface area (Å²) in [5.74, 6) is 0.839. The van der Waals surface area contributed by atoms with Crippen LogP contribution in [0.25, 0.3) is 0 Å². The van der Waals surface area contributed by atoms with Gasteiger partial charge in [-0.1, -0.05) is 0 Å². The fraction of sp³-hybridized carbons (Fsp3) is 0.556. The average molecular weight is 331 g/mol. The van der Waals surface area contributed by atoms with E-state index >= 15 is 0 Å². The van der Waals surface area contributed by atoms with E-state index in [4.69, 9.17) is 4.74 Å². The SMILES string of the molecule is CCOc1ccc(N2CC(NC(=O)N3CCCCC3)CC2=O)cc1. The van der Waals surface area contributed by atoms with Gasteiger partial charge in [-0.05, 0) is 50.5 Å². The molecule has 1 aromatic carbocycles. The van der Waals surface area contributed by atoms with Crippen LogP contribution < -0.4 is 15.0 Å². The zero-order valence-corrected chi connectivity index (χ0v) is 14.2. The fourth-order valence-corrected chi connectivity index (χ4v) is 3.31. The summed E-state index contributed by atoms with van der Waals surface area (Å²) in [5.41, 5.74) is 0.846. The van der Waals surface area contributed by atoms with Gasteiger partial charge in [-0.2, -0.15) is 0 Å². The Labute approximate surface area is 142 Å². The molecule has 1 aromatic rings. The molecule has 2 aliphatic heterocycles. The Balaban J connectivity index is 1.57. The molecule has 3 rings (SSSR count). The average Bonchev–Trinajstić information content (AvgIpc) is 2.97. The molecule has 1 N–H and O–H groups in total. The Morgan fingerprint density at radius 2 is 1.92 bits per heavy atom. The van der Waals surface area contributed by atoms with Crippen molar-refractivity contribution in [1.82, 2.24) is 10.2 Å². The molecule has 6 nitrogen and oxygen atoms in total. The van der Waals surface area contributed by atoms with Gasteiger partial charge in [-0.15, -0.1) is 0 Å². The van der Waals surface area contributed by atoms with Crippen molar-refractivity contribution >= 4 is 17.6 Å². The van der Waals surface area contributed by atoms with Crippen molar-refractivity contribution in [3.05, 3.63) is 24.3 Å². The molecule has 1 atom stereocenters. The summed E-state index contributed by atoms with van der Waals surface area (Å²) >= 11 is 0. The molecule has 0 saturated carbocycles. The Morgan fingerprint density at radius 3 is 2.58 bits per heavy atom. The van der Waals surface area contributed by atoms with E-state index in [-0.39, 0.29) is 18.0 Å². The molecule has 2 heterocycles. The summed E-state index contributed by atoms with van der Waals surface area (Å²) in [7, 11) is 0. The second kappa shape index (κ2) is 7.55. The van der Waals surface area contributed by atoms with Crippen LogP contribution in [0.3, 0.4) is 0 Å². The first-order valence-corrected chi connectivity index (χ1v) is 8.76. The topological polar surface area (TPSA) is 61.9 Å². The van der Waals surface area contributed by atoms with Crippen molar-refractivity contribution in [3.63, 3.8) is 0 Å². The van der Waals surface area contributed by atoms with Crippen molar-refractivity contribution in [2.45, 2.75) is 38.6 Å². The largest absolute Gasteiger partial charge is 0.494 e. The van der Waals surface area contributed by atoms with Crippen LogP contribution in [0.5, 0.6) is 5.75 Å².